The van der Waals surface area contributed by atoms with Crippen LogP contribution in [0.15, 0.2) is 36.4 Å². The van der Waals surface area contributed by atoms with Crippen LogP contribution in [0.5, 0.6) is 0 Å². The summed E-state index contributed by atoms with van der Waals surface area (Å²) in [6.45, 7) is 1.99. The highest BCUT2D eigenvalue weighted by atomic mass is 35.5. The number of para-hydroxylation sites is 1. The van der Waals surface area contributed by atoms with Crippen LogP contribution in [0, 0.1) is 6.92 Å². The highest BCUT2D eigenvalue weighted by Gasteiger charge is 2.18. The smallest absolute Gasteiger partial charge is 0.258 e. The van der Waals surface area contributed by atoms with Gasteiger partial charge in [-0.25, -0.2) is 4.98 Å². The SMILES string of the molecule is Cc1nc2c(NC(=O)c3c(Cl)cccc3Cl)cccc2n1CC(=O)N(C)C. The van der Waals surface area contributed by atoms with Crippen LogP contribution in [0.3, 0.4) is 0 Å². The van der Waals surface area contributed by atoms with E-state index in [9.17, 15) is 9.59 Å². The van der Waals surface area contributed by atoms with Gasteiger partial charge in [0.2, 0.25) is 5.91 Å². The highest BCUT2D eigenvalue weighted by molar-refractivity contribution is 6.40. The minimum atomic E-state index is -0.422. The van der Waals surface area contributed by atoms with Crippen molar-refractivity contribution in [3.63, 3.8) is 0 Å². The van der Waals surface area contributed by atoms with E-state index in [1.165, 1.54) is 4.90 Å². The molecule has 1 N–H and O–H groups in total. The molecule has 2 aromatic carbocycles. The molecule has 0 atom stereocenters. The van der Waals surface area contributed by atoms with Crippen molar-refractivity contribution in [2.75, 3.05) is 19.4 Å². The lowest BCUT2D eigenvalue weighted by atomic mass is 10.2. The maximum Gasteiger partial charge on any atom is 0.258 e. The Balaban J connectivity index is 1.99. The summed E-state index contributed by atoms with van der Waals surface area (Å²) in [5, 5.41) is 3.36. The molecule has 0 saturated carbocycles. The van der Waals surface area contributed by atoms with Crippen molar-refractivity contribution in [3.05, 3.63) is 57.8 Å². The first kappa shape index (κ1) is 19.2. The molecule has 0 saturated heterocycles. The summed E-state index contributed by atoms with van der Waals surface area (Å²) in [4.78, 5) is 30.8. The van der Waals surface area contributed by atoms with Crippen LogP contribution >= 0.6 is 23.2 Å². The number of anilines is 1. The van der Waals surface area contributed by atoms with Gasteiger partial charge < -0.3 is 14.8 Å². The molecule has 2 amide bonds. The minimum absolute atomic E-state index is 0.0466. The molecule has 1 heterocycles. The molecule has 1 aromatic heterocycles. The van der Waals surface area contributed by atoms with Crippen molar-refractivity contribution in [1.29, 1.82) is 0 Å². The van der Waals surface area contributed by atoms with Crippen LogP contribution in [0.4, 0.5) is 5.69 Å². The summed E-state index contributed by atoms with van der Waals surface area (Å²) in [6, 6.07) is 10.3. The van der Waals surface area contributed by atoms with Crippen LogP contribution in [-0.2, 0) is 11.3 Å². The molecule has 140 valence electrons. The number of carbonyl (C=O) groups excluding carboxylic acids is 2. The molecular formula is C19H18Cl2N4O2. The number of likely N-dealkylation sites (N-methyl/N-ethyl adjacent to an activating group) is 1. The standard InChI is InChI=1S/C19H18Cl2N4O2/c1-11-22-18-14(23-19(27)17-12(20)6-4-7-13(17)21)8-5-9-15(18)25(11)10-16(26)24(2)3/h4-9H,10H2,1-3H3,(H,23,27). The molecule has 0 radical (unpaired) electrons. The fourth-order valence-corrected chi connectivity index (χ4v) is 3.31. The predicted octanol–water partition coefficient (Wildman–Crippen LogP) is 3.99. The van der Waals surface area contributed by atoms with E-state index in [0.717, 1.165) is 5.52 Å². The van der Waals surface area contributed by atoms with Gasteiger partial charge in [-0.15, -0.1) is 0 Å². The fraction of sp³-hybridized carbons (Fsp3) is 0.211. The first-order valence-corrected chi connectivity index (χ1v) is 8.96. The molecule has 0 aliphatic heterocycles. The number of halogens is 2. The van der Waals surface area contributed by atoms with Crippen molar-refractivity contribution >= 4 is 51.7 Å². The van der Waals surface area contributed by atoms with Gasteiger partial charge in [-0.3, -0.25) is 9.59 Å². The van der Waals surface area contributed by atoms with Crippen molar-refractivity contribution in [1.82, 2.24) is 14.5 Å². The number of aryl methyl sites for hydroxylation is 1. The Hall–Kier alpha value is -2.57. The van der Waals surface area contributed by atoms with E-state index in [4.69, 9.17) is 23.2 Å². The molecule has 3 rings (SSSR count). The summed E-state index contributed by atoms with van der Waals surface area (Å²) in [5.41, 5.74) is 2.08. The number of imidazole rings is 1. The first-order valence-electron chi connectivity index (χ1n) is 8.21. The van der Waals surface area contributed by atoms with E-state index in [0.29, 0.717) is 17.0 Å². The van der Waals surface area contributed by atoms with E-state index in [-0.39, 0.29) is 28.1 Å². The number of benzene rings is 2. The quantitative estimate of drug-likeness (QED) is 0.714. The third-order valence-electron chi connectivity index (χ3n) is 4.20. The zero-order chi connectivity index (χ0) is 19.7. The third-order valence-corrected chi connectivity index (χ3v) is 4.83. The van der Waals surface area contributed by atoms with Gasteiger partial charge in [-0.2, -0.15) is 0 Å². The van der Waals surface area contributed by atoms with Gasteiger partial charge >= 0.3 is 0 Å². The lowest BCUT2D eigenvalue weighted by molar-refractivity contribution is -0.129. The zero-order valence-electron chi connectivity index (χ0n) is 15.1. The van der Waals surface area contributed by atoms with Gasteiger partial charge in [0.15, 0.2) is 0 Å². The molecular weight excluding hydrogens is 387 g/mol. The number of amides is 2. The lowest BCUT2D eigenvalue weighted by Gasteiger charge is -2.12. The lowest BCUT2D eigenvalue weighted by Crippen LogP contribution is -2.26. The molecule has 8 heteroatoms. The third kappa shape index (κ3) is 3.77. The fourth-order valence-electron chi connectivity index (χ4n) is 2.74. The predicted molar refractivity (Wildman–Crippen MR) is 108 cm³/mol. The van der Waals surface area contributed by atoms with Gasteiger partial charge in [-0.1, -0.05) is 35.3 Å². The van der Waals surface area contributed by atoms with Crippen LogP contribution in [0.1, 0.15) is 16.2 Å². The highest BCUT2D eigenvalue weighted by Crippen LogP contribution is 2.28. The van der Waals surface area contributed by atoms with E-state index in [1.807, 2.05) is 17.6 Å². The molecule has 3 aromatic rings. The number of aromatic nitrogens is 2. The first-order chi connectivity index (χ1) is 12.8. The van der Waals surface area contributed by atoms with Crippen LogP contribution < -0.4 is 5.32 Å². The Morgan fingerprint density at radius 2 is 1.74 bits per heavy atom. The molecule has 6 nitrogen and oxygen atoms in total. The average molecular weight is 405 g/mol. The number of nitrogens with one attached hydrogen (secondary N) is 1. The molecule has 0 bridgehead atoms. The van der Waals surface area contributed by atoms with Gasteiger partial charge in [0, 0.05) is 14.1 Å². The van der Waals surface area contributed by atoms with Crippen LogP contribution in [-0.4, -0.2) is 40.4 Å². The summed E-state index contributed by atoms with van der Waals surface area (Å²) < 4.78 is 1.82. The number of fused-ring (bicyclic) bond motifs is 1. The van der Waals surface area contributed by atoms with Crippen LogP contribution in [0.2, 0.25) is 10.0 Å². The molecule has 0 fully saturated rings. The Morgan fingerprint density at radius 1 is 1.11 bits per heavy atom. The number of nitrogens with zero attached hydrogens (tertiary/aromatic N) is 3. The Labute approximate surface area is 166 Å². The van der Waals surface area contributed by atoms with Gasteiger partial charge in [-0.05, 0) is 31.2 Å². The molecule has 0 aliphatic carbocycles. The zero-order valence-corrected chi connectivity index (χ0v) is 16.6. The molecule has 0 unspecified atom stereocenters. The Bertz CT molecular complexity index is 1020. The van der Waals surface area contributed by atoms with Gasteiger partial charge in [0.1, 0.15) is 17.9 Å². The second kappa shape index (κ2) is 7.58. The van der Waals surface area contributed by atoms with Crippen molar-refractivity contribution in [2.45, 2.75) is 13.5 Å². The van der Waals surface area contributed by atoms with Crippen molar-refractivity contribution in [3.8, 4) is 0 Å². The monoisotopic (exact) mass is 404 g/mol. The minimum Gasteiger partial charge on any atom is -0.347 e. The van der Waals surface area contributed by atoms with E-state index in [1.54, 1.807) is 44.4 Å². The van der Waals surface area contributed by atoms with Crippen LogP contribution in [0.25, 0.3) is 11.0 Å². The molecule has 0 aliphatic rings. The summed E-state index contributed by atoms with van der Waals surface area (Å²) in [7, 11) is 3.41. The van der Waals surface area contributed by atoms with E-state index >= 15 is 0 Å². The maximum atomic E-state index is 12.7. The van der Waals surface area contributed by atoms with Gasteiger partial charge in [0.05, 0.1) is 26.8 Å². The summed E-state index contributed by atoms with van der Waals surface area (Å²) in [6.07, 6.45) is 0. The topological polar surface area (TPSA) is 67.2 Å². The maximum absolute atomic E-state index is 12.7. The molecule has 27 heavy (non-hydrogen) atoms. The summed E-state index contributed by atoms with van der Waals surface area (Å²) in [5.74, 6) is 0.210. The normalized spacial score (nSPS) is 10.9. The van der Waals surface area contributed by atoms with Crippen molar-refractivity contribution < 1.29 is 9.59 Å². The Morgan fingerprint density at radius 3 is 2.37 bits per heavy atom. The average Bonchev–Trinajstić information content (AvgIpc) is 2.91. The Kier molecular flexibility index (Phi) is 5.39. The van der Waals surface area contributed by atoms with Crippen molar-refractivity contribution in [2.24, 2.45) is 0 Å². The second-order valence-corrected chi connectivity index (χ2v) is 7.07. The van der Waals surface area contributed by atoms with E-state index in [2.05, 4.69) is 10.3 Å². The number of rotatable bonds is 4. The largest absolute Gasteiger partial charge is 0.347 e. The van der Waals surface area contributed by atoms with Gasteiger partial charge in [0.25, 0.3) is 5.91 Å². The van der Waals surface area contributed by atoms with E-state index < -0.39 is 5.91 Å². The number of hydrogen-bond acceptors (Lipinski definition) is 3. The molecule has 0 spiro atoms. The second-order valence-electron chi connectivity index (χ2n) is 6.26. The summed E-state index contributed by atoms with van der Waals surface area (Å²) >= 11 is 12.2. The number of carbonyl (C=O) groups is 2. The number of hydrogen-bond donors (Lipinski definition) is 1.